The lowest BCUT2D eigenvalue weighted by atomic mass is 10.2. The Morgan fingerprint density at radius 1 is 1.35 bits per heavy atom. The number of ether oxygens (including phenoxy) is 2. The summed E-state index contributed by atoms with van der Waals surface area (Å²) in [5.41, 5.74) is 1.20. The van der Waals surface area contributed by atoms with Crippen molar-refractivity contribution in [1.29, 1.82) is 5.26 Å². The highest BCUT2D eigenvalue weighted by molar-refractivity contribution is 5.67. The summed E-state index contributed by atoms with van der Waals surface area (Å²) in [7, 11) is 3.27. The smallest absolute Gasteiger partial charge is 0.232 e. The van der Waals surface area contributed by atoms with Crippen LogP contribution in [0.5, 0.6) is 5.75 Å². The van der Waals surface area contributed by atoms with Crippen molar-refractivity contribution in [1.82, 2.24) is 4.98 Å². The highest BCUT2D eigenvalue weighted by Crippen LogP contribution is 2.19. The van der Waals surface area contributed by atoms with Gasteiger partial charge in [0.2, 0.25) is 17.5 Å². The minimum absolute atomic E-state index is 0.243. The lowest BCUT2D eigenvalue weighted by molar-refractivity contribution is 0.197. The fourth-order valence-electron chi connectivity index (χ4n) is 1.93. The molecular weight excluding hydrogens is 294 g/mol. The number of aromatic nitrogens is 1. The molecule has 1 N–H and O–H groups in total. The second-order valence-electron chi connectivity index (χ2n) is 4.72. The maximum atomic E-state index is 9.11. The number of nitrogens with zero attached hydrogens (tertiary/aromatic N) is 2. The first-order valence-electron chi connectivity index (χ1n) is 7.22. The summed E-state index contributed by atoms with van der Waals surface area (Å²) >= 11 is 0. The number of hydrogen-bond donors (Lipinski definition) is 1. The molecular formula is C17H19N3O3. The van der Waals surface area contributed by atoms with E-state index in [0.29, 0.717) is 24.9 Å². The molecule has 2 aromatic rings. The van der Waals surface area contributed by atoms with Crippen LogP contribution >= 0.6 is 0 Å². The fraction of sp³-hybridized carbons (Fsp3) is 0.294. The third kappa shape index (κ3) is 4.87. The van der Waals surface area contributed by atoms with E-state index >= 15 is 0 Å². The van der Waals surface area contributed by atoms with Gasteiger partial charge in [0, 0.05) is 26.3 Å². The fourth-order valence-corrected chi connectivity index (χ4v) is 1.93. The van der Waals surface area contributed by atoms with Crippen LogP contribution in [0.2, 0.25) is 0 Å². The van der Waals surface area contributed by atoms with Gasteiger partial charge >= 0.3 is 0 Å². The van der Waals surface area contributed by atoms with Crippen molar-refractivity contribution >= 4 is 18.0 Å². The monoisotopic (exact) mass is 313 g/mol. The summed E-state index contributed by atoms with van der Waals surface area (Å²) < 4.78 is 15.7. The highest BCUT2D eigenvalue weighted by Gasteiger charge is 2.10. The first kappa shape index (κ1) is 16.6. The van der Waals surface area contributed by atoms with Crippen LogP contribution in [0.25, 0.3) is 12.2 Å². The summed E-state index contributed by atoms with van der Waals surface area (Å²) in [5, 5.41) is 12.2. The Bertz CT molecular complexity index is 701. The summed E-state index contributed by atoms with van der Waals surface area (Å²) in [6.45, 7) is 1.29. The van der Waals surface area contributed by atoms with E-state index in [0.717, 1.165) is 17.7 Å². The van der Waals surface area contributed by atoms with Gasteiger partial charge in [-0.3, -0.25) is 0 Å². The van der Waals surface area contributed by atoms with E-state index in [-0.39, 0.29) is 5.69 Å². The number of hydrogen-bond acceptors (Lipinski definition) is 6. The lowest BCUT2D eigenvalue weighted by Crippen LogP contribution is -2.04. The van der Waals surface area contributed by atoms with Crippen molar-refractivity contribution in [2.75, 3.05) is 32.7 Å². The van der Waals surface area contributed by atoms with Crippen molar-refractivity contribution in [3.8, 4) is 11.8 Å². The molecule has 0 aliphatic heterocycles. The molecule has 0 saturated carbocycles. The zero-order valence-corrected chi connectivity index (χ0v) is 13.2. The van der Waals surface area contributed by atoms with Gasteiger partial charge in [0.15, 0.2) is 0 Å². The standard InChI is InChI=1S/C17H19N3O3/c1-21-10-4-9-19-17-15(12-18)20-16(23-17)8-7-13-5-3-6-14(11-13)22-2/h3,5-8,11,19H,4,9-10H2,1-2H3. The Kier molecular flexibility index (Phi) is 6.21. The second-order valence-corrected chi connectivity index (χ2v) is 4.72. The average molecular weight is 313 g/mol. The van der Waals surface area contributed by atoms with Crippen LogP contribution in [0, 0.1) is 11.3 Å². The second kappa shape index (κ2) is 8.61. The molecule has 0 atom stereocenters. The summed E-state index contributed by atoms with van der Waals surface area (Å²) in [4.78, 5) is 4.15. The first-order valence-corrected chi connectivity index (χ1v) is 7.22. The SMILES string of the molecule is COCCCNc1oc(C=Cc2cccc(OC)c2)nc1C#N. The normalized spacial score (nSPS) is 10.7. The first-order chi connectivity index (χ1) is 11.3. The van der Waals surface area contributed by atoms with Crippen LogP contribution < -0.4 is 10.1 Å². The molecule has 0 saturated heterocycles. The molecule has 6 heteroatoms. The van der Waals surface area contributed by atoms with Crippen LogP contribution in [0.1, 0.15) is 23.6 Å². The number of nitriles is 1. The number of rotatable bonds is 8. The molecule has 6 nitrogen and oxygen atoms in total. The van der Waals surface area contributed by atoms with Crippen molar-refractivity contribution in [3.63, 3.8) is 0 Å². The van der Waals surface area contributed by atoms with E-state index in [1.807, 2.05) is 36.4 Å². The van der Waals surface area contributed by atoms with Gasteiger partial charge in [-0.15, -0.1) is 0 Å². The third-order valence-electron chi connectivity index (χ3n) is 3.07. The van der Waals surface area contributed by atoms with E-state index in [2.05, 4.69) is 10.3 Å². The van der Waals surface area contributed by atoms with E-state index in [1.54, 1.807) is 20.3 Å². The van der Waals surface area contributed by atoms with Gasteiger partial charge in [-0.2, -0.15) is 10.2 Å². The maximum Gasteiger partial charge on any atom is 0.232 e. The Morgan fingerprint density at radius 3 is 2.96 bits per heavy atom. The van der Waals surface area contributed by atoms with Crippen LogP contribution in [-0.4, -0.2) is 32.4 Å². The molecule has 0 spiro atoms. The molecule has 0 fully saturated rings. The van der Waals surface area contributed by atoms with E-state index in [1.165, 1.54) is 0 Å². The Labute approximate surface area is 135 Å². The van der Waals surface area contributed by atoms with Gasteiger partial charge in [-0.1, -0.05) is 12.1 Å². The van der Waals surface area contributed by atoms with E-state index in [9.17, 15) is 0 Å². The summed E-state index contributed by atoms with van der Waals surface area (Å²) in [5.74, 6) is 1.53. The molecule has 0 aliphatic carbocycles. The maximum absolute atomic E-state index is 9.11. The van der Waals surface area contributed by atoms with Crippen molar-refractivity contribution < 1.29 is 13.9 Å². The molecule has 0 radical (unpaired) electrons. The van der Waals surface area contributed by atoms with Gasteiger partial charge in [-0.05, 0) is 30.2 Å². The molecule has 23 heavy (non-hydrogen) atoms. The third-order valence-corrected chi connectivity index (χ3v) is 3.07. The topological polar surface area (TPSA) is 80.3 Å². The Hall–Kier alpha value is -2.78. The zero-order valence-electron chi connectivity index (χ0n) is 13.2. The minimum Gasteiger partial charge on any atom is -0.497 e. The molecule has 1 aromatic carbocycles. The van der Waals surface area contributed by atoms with Crippen LogP contribution in [0.3, 0.4) is 0 Å². The highest BCUT2D eigenvalue weighted by atomic mass is 16.5. The zero-order chi connectivity index (χ0) is 16.5. The molecule has 0 unspecified atom stereocenters. The van der Waals surface area contributed by atoms with Gasteiger partial charge in [0.05, 0.1) is 7.11 Å². The molecule has 2 rings (SSSR count). The molecule has 1 aromatic heterocycles. The molecule has 0 bridgehead atoms. The molecule has 0 aliphatic rings. The van der Waals surface area contributed by atoms with Gasteiger partial charge in [-0.25, -0.2) is 0 Å². The molecule has 0 amide bonds. The quantitative estimate of drug-likeness (QED) is 0.754. The Balaban J connectivity index is 2.06. The number of benzene rings is 1. The van der Waals surface area contributed by atoms with Crippen molar-refractivity contribution in [3.05, 3.63) is 41.4 Å². The van der Waals surface area contributed by atoms with Crippen LogP contribution in [-0.2, 0) is 4.74 Å². The van der Waals surface area contributed by atoms with Gasteiger partial charge in [0.1, 0.15) is 11.8 Å². The van der Waals surface area contributed by atoms with Gasteiger partial charge < -0.3 is 19.2 Å². The van der Waals surface area contributed by atoms with Crippen LogP contribution in [0.15, 0.2) is 28.7 Å². The number of oxazole rings is 1. The summed E-state index contributed by atoms with van der Waals surface area (Å²) in [6.07, 6.45) is 4.39. The van der Waals surface area contributed by atoms with E-state index in [4.69, 9.17) is 19.2 Å². The number of nitrogens with one attached hydrogen (secondary N) is 1. The number of anilines is 1. The Morgan fingerprint density at radius 2 is 2.22 bits per heavy atom. The largest absolute Gasteiger partial charge is 0.497 e. The predicted molar refractivity (Wildman–Crippen MR) is 88.1 cm³/mol. The lowest BCUT2D eigenvalue weighted by Gasteiger charge is -2.01. The molecule has 120 valence electrons. The van der Waals surface area contributed by atoms with Crippen molar-refractivity contribution in [2.24, 2.45) is 0 Å². The molecule has 1 heterocycles. The predicted octanol–water partition coefficient (Wildman–Crippen LogP) is 3.17. The minimum atomic E-state index is 0.243. The summed E-state index contributed by atoms with van der Waals surface area (Å²) in [6, 6.07) is 9.63. The average Bonchev–Trinajstić information content (AvgIpc) is 2.99. The van der Waals surface area contributed by atoms with E-state index < -0.39 is 0 Å². The number of methoxy groups -OCH3 is 2. The van der Waals surface area contributed by atoms with Gasteiger partial charge in [0.25, 0.3) is 0 Å². The van der Waals surface area contributed by atoms with Crippen LogP contribution in [0.4, 0.5) is 5.88 Å². The van der Waals surface area contributed by atoms with Crippen molar-refractivity contribution in [2.45, 2.75) is 6.42 Å².